The van der Waals surface area contributed by atoms with Gasteiger partial charge in [0.25, 0.3) is 0 Å². The van der Waals surface area contributed by atoms with Gasteiger partial charge in [-0.1, -0.05) is 13.3 Å². The van der Waals surface area contributed by atoms with Crippen LogP contribution in [0.4, 0.5) is 11.5 Å². The number of carboxylic acids is 1. The van der Waals surface area contributed by atoms with Crippen molar-refractivity contribution in [2.75, 3.05) is 5.32 Å². The first-order valence-corrected chi connectivity index (χ1v) is 5.15. The predicted octanol–water partition coefficient (Wildman–Crippen LogP) is 1.65. The molecule has 0 aromatic carbocycles. The van der Waals surface area contributed by atoms with Crippen LogP contribution in [0.1, 0.15) is 19.8 Å². The highest BCUT2D eigenvalue weighted by Crippen LogP contribution is 2.21. The number of pyridine rings is 1. The Morgan fingerprint density at radius 1 is 1.71 bits per heavy atom. The summed E-state index contributed by atoms with van der Waals surface area (Å²) in [7, 11) is 0. The molecule has 2 N–H and O–H groups in total. The van der Waals surface area contributed by atoms with Crippen molar-refractivity contribution in [1.29, 1.82) is 0 Å². The topological polar surface area (TPSA) is 105 Å². The molecule has 1 rings (SSSR count). The molecule has 1 aromatic rings. The summed E-state index contributed by atoms with van der Waals surface area (Å²) in [4.78, 5) is 24.8. The van der Waals surface area contributed by atoms with Crippen molar-refractivity contribution in [3.63, 3.8) is 0 Å². The summed E-state index contributed by atoms with van der Waals surface area (Å²) in [5, 5.41) is 22.2. The maximum atomic E-state index is 10.9. The Hall–Kier alpha value is -2.18. The Morgan fingerprint density at radius 3 is 2.94 bits per heavy atom. The molecule has 7 heteroatoms. The maximum Gasteiger partial charge on any atom is 0.326 e. The summed E-state index contributed by atoms with van der Waals surface area (Å²) in [5.41, 5.74) is -0.227. The van der Waals surface area contributed by atoms with E-state index < -0.39 is 16.9 Å². The van der Waals surface area contributed by atoms with Crippen molar-refractivity contribution in [3.8, 4) is 0 Å². The maximum absolute atomic E-state index is 10.9. The van der Waals surface area contributed by atoms with Crippen LogP contribution in [0.5, 0.6) is 0 Å². The summed E-state index contributed by atoms with van der Waals surface area (Å²) in [6, 6.07) is 1.84. The normalized spacial score (nSPS) is 11.8. The summed E-state index contributed by atoms with van der Waals surface area (Å²) < 4.78 is 0. The van der Waals surface area contributed by atoms with E-state index in [0.29, 0.717) is 12.8 Å². The lowest BCUT2D eigenvalue weighted by Crippen LogP contribution is -2.29. The molecule has 0 radical (unpaired) electrons. The van der Waals surface area contributed by atoms with Crippen LogP contribution in [0.3, 0.4) is 0 Å². The molecule has 1 heterocycles. The van der Waals surface area contributed by atoms with Crippen LogP contribution in [-0.2, 0) is 4.79 Å². The standard InChI is InChI=1S/C10H13N3O4/c1-2-4-7(10(14)15)12-9-8(13(16)17)5-3-6-11-9/h3,5-7H,2,4H2,1H3,(H,11,12)(H,14,15). The highest BCUT2D eigenvalue weighted by Gasteiger charge is 2.21. The van der Waals surface area contributed by atoms with Gasteiger partial charge in [-0.3, -0.25) is 10.1 Å². The molecule has 1 atom stereocenters. The highest BCUT2D eigenvalue weighted by atomic mass is 16.6. The number of carbonyl (C=O) groups is 1. The quantitative estimate of drug-likeness (QED) is 0.577. The Kier molecular flexibility index (Phi) is 4.38. The van der Waals surface area contributed by atoms with E-state index in [-0.39, 0.29) is 11.5 Å². The molecule has 7 nitrogen and oxygen atoms in total. The zero-order valence-electron chi connectivity index (χ0n) is 9.29. The number of aliphatic carboxylic acids is 1. The highest BCUT2D eigenvalue weighted by molar-refractivity contribution is 5.77. The molecule has 17 heavy (non-hydrogen) atoms. The number of hydrogen-bond donors (Lipinski definition) is 2. The molecule has 1 aromatic heterocycles. The Bertz CT molecular complexity index is 422. The fourth-order valence-electron chi connectivity index (χ4n) is 1.37. The second-order valence-corrected chi connectivity index (χ2v) is 3.45. The van der Waals surface area contributed by atoms with E-state index in [9.17, 15) is 14.9 Å². The van der Waals surface area contributed by atoms with Gasteiger partial charge in [0.2, 0.25) is 5.82 Å². The molecule has 0 spiro atoms. The molecule has 0 aliphatic carbocycles. The smallest absolute Gasteiger partial charge is 0.326 e. The van der Waals surface area contributed by atoms with Gasteiger partial charge < -0.3 is 10.4 Å². The molecule has 0 bridgehead atoms. The molecule has 0 aliphatic rings. The summed E-state index contributed by atoms with van der Waals surface area (Å²) >= 11 is 0. The third kappa shape index (κ3) is 3.40. The van der Waals surface area contributed by atoms with Crippen molar-refractivity contribution in [1.82, 2.24) is 4.98 Å². The van der Waals surface area contributed by atoms with E-state index in [0.717, 1.165) is 0 Å². The second kappa shape index (κ2) is 5.78. The number of carboxylic acid groups (broad SMARTS) is 1. The van der Waals surface area contributed by atoms with E-state index in [1.54, 1.807) is 0 Å². The minimum absolute atomic E-state index is 0.0154. The van der Waals surface area contributed by atoms with Crippen LogP contribution in [0, 0.1) is 10.1 Å². The molecule has 0 aliphatic heterocycles. The lowest BCUT2D eigenvalue weighted by Gasteiger charge is -2.13. The summed E-state index contributed by atoms with van der Waals surface area (Å²) in [6.45, 7) is 1.84. The first-order chi connectivity index (χ1) is 8.06. The number of nitrogens with zero attached hydrogens (tertiary/aromatic N) is 2. The van der Waals surface area contributed by atoms with Crippen molar-refractivity contribution in [2.24, 2.45) is 0 Å². The Labute approximate surface area is 97.6 Å². The van der Waals surface area contributed by atoms with E-state index >= 15 is 0 Å². The van der Waals surface area contributed by atoms with Crippen LogP contribution in [0.25, 0.3) is 0 Å². The van der Waals surface area contributed by atoms with Gasteiger partial charge in [0.15, 0.2) is 0 Å². The van der Waals surface area contributed by atoms with Crippen molar-refractivity contribution in [2.45, 2.75) is 25.8 Å². The number of hydrogen-bond acceptors (Lipinski definition) is 5. The SMILES string of the molecule is CCCC(Nc1ncccc1[N+](=O)[O-])C(=O)O. The Balaban J connectivity index is 2.92. The number of nitro groups is 1. The fraction of sp³-hybridized carbons (Fsp3) is 0.400. The zero-order valence-corrected chi connectivity index (χ0v) is 9.29. The molecule has 92 valence electrons. The fourth-order valence-corrected chi connectivity index (χ4v) is 1.37. The van der Waals surface area contributed by atoms with Gasteiger partial charge in [0.1, 0.15) is 6.04 Å². The Morgan fingerprint density at radius 2 is 2.41 bits per heavy atom. The molecule has 0 amide bonds. The molecular weight excluding hydrogens is 226 g/mol. The number of aromatic nitrogens is 1. The average Bonchev–Trinajstić information content (AvgIpc) is 2.28. The predicted molar refractivity (Wildman–Crippen MR) is 60.8 cm³/mol. The first kappa shape index (κ1) is 12.9. The minimum Gasteiger partial charge on any atom is -0.480 e. The number of anilines is 1. The van der Waals surface area contributed by atoms with Gasteiger partial charge in [-0.25, -0.2) is 9.78 Å². The van der Waals surface area contributed by atoms with Crippen molar-refractivity contribution in [3.05, 3.63) is 28.4 Å². The third-order valence-corrected chi connectivity index (χ3v) is 2.17. The van der Waals surface area contributed by atoms with E-state index in [1.807, 2.05) is 6.92 Å². The summed E-state index contributed by atoms with van der Waals surface area (Å²) in [5.74, 6) is -1.06. The first-order valence-electron chi connectivity index (χ1n) is 5.15. The van der Waals surface area contributed by atoms with E-state index in [4.69, 9.17) is 5.11 Å². The van der Waals surface area contributed by atoms with Crippen LogP contribution < -0.4 is 5.32 Å². The molecule has 0 saturated heterocycles. The van der Waals surface area contributed by atoms with Gasteiger partial charge >= 0.3 is 11.7 Å². The van der Waals surface area contributed by atoms with Gasteiger partial charge in [0.05, 0.1) is 4.92 Å². The van der Waals surface area contributed by atoms with Gasteiger partial charge in [-0.15, -0.1) is 0 Å². The van der Waals surface area contributed by atoms with Gasteiger partial charge in [-0.2, -0.15) is 0 Å². The lowest BCUT2D eigenvalue weighted by atomic mass is 10.1. The molecule has 0 saturated carbocycles. The van der Waals surface area contributed by atoms with Crippen LogP contribution in [-0.4, -0.2) is 27.0 Å². The van der Waals surface area contributed by atoms with E-state index in [2.05, 4.69) is 10.3 Å². The molecule has 0 fully saturated rings. The van der Waals surface area contributed by atoms with Gasteiger partial charge in [0, 0.05) is 12.3 Å². The van der Waals surface area contributed by atoms with E-state index in [1.165, 1.54) is 18.3 Å². The zero-order chi connectivity index (χ0) is 12.8. The monoisotopic (exact) mass is 239 g/mol. The summed E-state index contributed by atoms with van der Waals surface area (Å²) in [6.07, 6.45) is 2.41. The number of rotatable bonds is 6. The average molecular weight is 239 g/mol. The van der Waals surface area contributed by atoms with Gasteiger partial charge in [-0.05, 0) is 12.5 Å². The third-order valence-electron chi connectivity index (χ3n) is 2.17. The van der Waals surface area contributed by atoms with Crippen molar-refractivity contribution < 1.29 is 14.8 Å². The molecule has 1 unspecified atom stereocenters. The molecular formula is C10H13N3O4. The second-order valence-electron chi connectivity index (χ2n) is 3.45. The lowest BCUT2D eigenvalue weighted by molar-refractivity contribution is -0.384. The minimum atomic E-state index is -1.05. The van der Waals surface area contributed by atoms with Crippen molar-refractivity contribution >= 4 is 17.5 Å². The van der Waals surface area contributed by atoms with Crippen LogP contribution in [0.15, 0.2) is 18.3 Å². The van der Waals surface area contributed by atoms with Crippen LogP contribution in [0.2, 0.25) is 0 Å². The largest absolute Gasteiger partial charge is 0.480 e. The van der Waals surface area contributed by atoms with Crippen LogP contribution >= 0.6 is 0 Å². The number of nitrogens with one attached hydrogen (secondary N) is 1.